The van der Waals surface area contributed by atoms with Crippen LogP contribution in [0.25, 0.3) is 0 Å². The second kappa shape index (κ2) is 16.1. The van der Waals surface area contributed by atoms with Gasteiger partial charge >= 0.3 is 0 Å². The van der Waals surface area contributed by atoms with Crippen molar-refractivity contribution in [2.24, 2.45) is 0 Å². The minimum atomic E-state index is -1.00. The molecule has 7 heteroatoms. The van der Waals surface area contributed by atoms with E-state index in [0.717, 1.165) is 56.9 Å². The molecule has 1 aliphatic carbocycles. The average molecular weight is 603 g/mol. The van der Waals surface area contributed by atoms with E-state index >= 15 is 4.39 Å². The van der Waals surface area contributed by atoms with Gasteiger partial charge in [0, 0.05) is 0 Å². The fourth-order valence-corrected chi connectivity index (χ4v) is 5.91. The van der Waals surface area contributed by atoms with E-state index in [9.17, 15) is 17.6 Å². The summed E-state index contributed by atoms with van der Waals surface area (Å²) < 4.78 is 84.6. The van der Waals surface area contributed by atoms with Crippen LogP contribution < -0.4 is 9.47 Å². The molecule has 3 aromatic carbocycles. The second-order valence-corrected chi connectivity index (χ2v) is 11.6. The first-order valence-corrected chi connectivity index (χ1v) is 15.8. The molecule has 0 atom stereocenters. The Hall–Kier alpha value is -3.09. The number of hydrogen-bond donors (Lipinski definition) is 0. The number of unbranched alkanes of at least 4 members (excludes halogenated alkanes) is 4. The van der Waals surface area contributed by atoms with Crippen LogP contribution in [-0.2, 0) is 12.8 Å². The summed E-state index contributed by atoms with van der Waals surface area (Å²) in [5.74, 6) is -4.23. The first kappa shape index (κ1) is 32.8. The summed E-state index contributed by atoms with van der Waals surface area (Å²) in [6, 6.07) is 11.2. The Morgan fingerprint density at radius 1 is 0.581 bits per heavy atom. The quantitative estimate of drug-likeness (QED) is 0.127. The van der Waals surface area contributed by atoms with Gasteiger partial charge in [-0.2, -0.15) is 8.78 Å². The molecular formula is C36H43F5O2. The molecule has 0 unspecified atom stereocenters. The van der Waals surface area contributed by atoms with E-state index in [1.165, 1.54) is 24.3 Å². The number of rotatable bonds is 15. The number of ether oxygens (including phenoxy) is 2. The van der Waals surface area contributed by atoms with Gasteiger partial charge in [-0.3, -0.25) is 0 Å². The third-order valence-corrected chi connectivity index (χ3v) is 8.59. The molecule has 3 aromatic rings. The average Bonchev–Trinajstić information content (AvgIpc) is 3.01. The van der Waals surface area contributed by atoms with Gasteiger partial charge in [-0.05, 0) is 104 Å². The lowest BCUT2D eigenvalue weighted by atomic mass is 9.76. The van der Waals surface area contributed by atoms with Gasteiger partial charge in [0.05, 0.1) is 13.2 Å². The molecule has 4 rings (SSSR count). The lowest BCUT2D eigenvalue weighted by Gasteiger charge is -2.29. The van der Waals surface area contributed by atoms with Gasteiger partial charge in [0.25, 0.3) is 0 Å². The van der Waals surface area contributed by atoms with Crippen LogP contribution in [0.2, 0.25) is 0 Å². The minimum absolute atomic E-state index is 0.0500. The zero-order valence-electron chi connectivity index (χ0n) is 25.3. The molecular weight excluding hydrogens is 559 g/mol. The number of hydrogen-bond acceptors (Lipinski definition) is 2. The van der Waals surface area contributed by atoms with Crippen LogP contribution in [0.15, 0.2) is 42.5 Å². The van der Waals surface area contributed by atoms with Gasteiger partial charge < -0.3 is 9.47 Å². The van der Waals surface area contributed by atoms with Crippen molar-refractivity contribution < 1.29 is 31.4 Å². The predicted molar refractivity (Wildman–Crippen MR) is 161 cm³/mol. The Morgan fingerprint density at radius 2 is 1.16 bits per heavy atom. The van der Waals surface area contributed by atoms with E-state index in [2.05, 4.69) is 6.92 Å². The summed E-state index contributed by atoms with van der Waals surface area (Å²) in [4.78, 5) is 0. The van der Waals surface area contributed by atoms with Crippen molar-refractivity contribution in [3.63, 3.8) is 0 Å². The van der Waals surface area contributed by atoms with Gasteiger partial charge in [0.15, 0.2) is 23.1 Å². The lowest BCUT2D eigenvalue weighted by molar-refractivity contribution is 0.284. The van der Waals surface area contributed by atoms with Gasteiger partial charge in [-0.25, -0.2) is 13.2 Å². The molecule has 1 fully saturated rings. The predicted octanol–water partition coefficient (Wildman–Crippen LogP) is 10.7. The third-order valence-electron chi connectivity index (χ3n) is 8.59. The van der Waals surface area contributed by atoms with Crippen LogP contribution in [0, 0.1) is 29.1 Å². The molecule has 234 valence electrons. The van der Waals surface area contributed by atoms with Crippen molar-refractivity contribution in [1.29, 1.82) is 0 Å². The van der Waals surface area contributed by atoms with Crippen LogP contribution >= 0.6 is 0 Å². The Kier molecular flexibility index (Phi) is 12.3. The highest BCUT2D eigenvalue weighted by molar-refractivity contribution is 5.35. The van der Waals surface area contributed by atoms with Crippen molar-refractivity contribution in [2.75, 3.05) is 13.2 Å². The van der Waals surface area contributed by atoms with Crippen molar-refractivity contribution in [3.8, 4) is 11.5 Å². The van der Waals surface area contributed by atoms with Crippen molar-refractivity contribution in [1.82, 2.24) is 0 Å². The summed E-state index contributed by atoms with van der Waals surface area (Å²) in [7, 11) is 0. The van der Waals surface area contributed by atoms with Gasteiger partial charge in [0.1, 0.15) is 5.82 Å². The standard InChI is InChI=1S/C36H43F5O2/c1-3-5-7-8-22-43-31-19-17-27(33(38)35(31)40)15-13-26-14-16-28(23-30(26)37)24-9-11-25(12-10-24)29-18-20-32(36(41)34(29)39)42-21-6-4-2/h14,16-20,23-25H,3-13,15,21-22H2,1-2H3. The molecule has 0 N–H and O–H groups in total. The van der Waals surface area contributed by atoms with Gasteiger partial charge in [0.2, 0.25) is 11.6 Å². The van der Waals surface area contributed by atoms with Gasteiger partial charge in [-0.15, -0.1) is 0 Å². The highest BCUT2D eigenvalue weighted by Gasteiger charge is 2.28. The number of benzene rings is 3. The first-order valence-electron chi connectivity index (χ1n) is 15.8. The summed E-state index contributed by atoms with van der Waals surface area (Å²) in [6.07, 6.45) is 8.80. The van der Waals surface area contributed by atoms with Crippen LogP contribution in [0.1, 0.15) is 112 Å². The van der Waals surface area contributed by atoms with Crippen LogP contribution in [0.3, 0.4) is 0 Å². The number of aryl methyl sites for hydroxylation is 2. The molecule has 0 heterocycles. The molecule has 43 heavy (non-hydrogen) atoms. The van der Waals surface area contributed by atoms with E-state index in [1.807, 2.05) is 13.0 Å². The molecule has 2 nitrogen and oxygen atoms in total. The topological polar surface area (TPSA) is 18.5 Å². The normalized spacial score (nSPS) is 16.8. The zero-order chi connectivity index (χ0) is 30.8. The highest BCUT2D eigenvalue weighted by Crippen LogP contribution is 2.42. The molecule has 0 radical (unpaired) electrons. The van der Waals surface area contributed by atoms with Crippen LogP contribution in [0.4, 0.5) is 22.0 Å². The van der Waals surface area contributed by atoms with E-state index in [1.54, 1.807) is 12.1 Å². The van der Waals surface area contributed by atoms with Crippen molar-refractivity contribution >= 4 is 0 Å². The minimum Gasteiger partial charge on any atom is -0.490 e. The molecule has 0 bridgehead atoms. The fraction of sp³-hybridized carbons (Fsp3) is 0.500. The summed E-state index contributed by atoms with van der Waals surface area (Å²) in [5.41, 5.74) is 1.85. The molecule has 1 aliphatic rings. The maximum atomic E-state index is 15.1. The fourth-order valence-electron chi connectivity index (χ4n) is 5.91. The first-order chi connectivity index (χ1) is 20.8. The lowest BCUT2D eigenvalue weighted by Crippen LogP contribution is -2.14. The Morgan fingerprint density at radius 3 is 1.84 bits per heavy atom. The third kappa shape index (κ3) is 8.51. The van der Waals surface area contributed by atoms with Gasteiger partial charge in [-0.1, -0.05) is 63.8 Å². The molecule has 0 aliphatic heterocycles. The molecule has 0 amide bonds. The molecule has 0 aromatic heterocycles. The maximum absolute atomic E-state index is 15.1. The van der Waals surface area contributed by atoms with E-state index in [4.69, 9.17) is 9.47 Å². The van der Waals surface area contributed by atoms with E-state index < -0.39 is 23.3 Å². The molecule has 1 saturated carbocycles. The van der Waals surface area contributed by atoms with Crippen molar-refractivity contribution in [3.05, 3.63) is 93.8 Å². The Balaban J connectivity index is 1.31. The smallest absolute Gasteiger partial charge is 0.200 e. The van der Waals surface area contributed by atoms with Crippen LogP contribution in [0.5, 0.6) is 11.5 Å². The van der Waals surface area contributed by atoms with Crippen molar-refractivity contribution in [2.45, 2.75) is 103 Å². The number of halogens is 5. The SMILES string of the molecule is CCCCCCOc1ccc(CCc2ccc(C3CCC(c4ccc(OCCCC)c(F)c4F)CC3)cc2F)c(F)c1F. The molecule has 0 spiro atoms. The second-order valence-electron chi connectivity index (χ2n) is 11.6. The highest BCUT2D eigenvalue weighted by atomic mass is 19.2. The monoisotopic (exact) mass is 602 g/mol. The maximum Gasteiger partial charge on any atom is 0.200 e. The Labute approximate surface area is 252 Å². The molecule has 0 saturated heterocycles. The summed E-state index contributed by atoms with van der Waals surface area (Å²) in [6.45, 7) is 4.79. The Bertz CT molecular complexity index is 1330. The van der Waals surface area contributed by atoms with E-state index in [0.29, 0.717) is 37.2 Å². The zero-order valence-corrected chi connectivity index (χ0v) is 25.3. The summed E-state index contributed by atoms with van der Waals surface area (Å²) in [5, 5.41) is 0. The van der Waals surface area contributed by atoms with E-state index in [-0.39, 0.29) is 47.6 Å². The van der Waals surface area contributed by atoms with Crippen LogP contribution in [-0.4, -0.2) is 13.2 Å². The summed E-state index contributed by atoms with van der Waals surface area (Å²) >= 11 is 0. The largest absolute Gasteiger partial charge is 0.490 e.